The number of methoxy groups -OCH3 is 2. The van der Waals surface area contributed by atoms with Crippen molar-refractivity contribution in [2.24, 2.45) is 22.1 Å². The summed E-state index contributed by atoms with van der Waals surface area (Å²) >= 11 is 6.48. The number of ether oxygens (including phenoxy) is 4. The lowest BCUT2D eigenvalue weighted by atomic mass is 9.70. The number of likely N-dealkylation sites (tertiary alicyclic amines) is 1. The summed E-state index contributed by atoms with van der Waals surface area (Å²) in [5.74, 6) is 0.358. The zero-order chi connectivity index (χ0) is 39.2. The molecule has 1 saturated heterocycles. The minimum atomic E-state index is -3.52. The number of carbonyl (C=O) groups is 2. The number of hydrogen-bond acceptors (Lipinski definition) is 8. The topological polar surface area (TPSA) is 119 Å². The molecule has 0 unspecified atom stereocenters. The van der Waals surface area contributed by atoms with Gasteiger partial charge in [0.2, 0.25) is 0 Å². The fourth-order valence-electron chi connectivity index (χ4n) is 9.00. The van der Waals surface area contributed by atoms with Gasteiger partial charge in [-0.15, -0.1) is 4.36 Å². The minimum Gasteiger partial charge on any atom is -0.490 e. The molecule has 4 aliphatic rings. The first-order valence-electron chi connectivity index (χ1n) is 19.9. The summed E-state index contributed by atoms with van der Waals surface area (Å²) in [7, 11) is -0.131. The molecule has 11 nitrogen and oxygen atoms in total. The van der Waals surface area contributed by atoms with E-state index >= 15 is 0 Å². The van der Waals surface area contributed by atoms with Crippen molar-refractivity contribution in [2.75, 3.05) is 70.9 Å². The van der Waals surface area contributed by atoms with Crippen LogP contribution >= 0.6 is 11.6 Å². The predicted octanol–water partition coefficient (Wildman–Crippen LogP) is 7.45. The maximum atomic E-state index is 14.7. The van der Waals surface area contributed by atoms with E-state index in [9.17, 15) is 13.8 Å². The number of nitrogens with zero attached hydrogens (tertiary/aromatic N) is 3. The number of urea groups is 1. The number of carbonyl (C=O) groups excluding carboxylic acids is 2. The van der Waals surface area contributed by atoms with E-state index < -0.39 is 21.9 Å². The van der Waals surface area contributed by atoms with Crippen LogP contribution in [0.5, 0.6) is 5.75 Å². The lowest BCUT2D eigenvalue weighted by Crippen LogP contribution is -2.48. The van der Waals surface area contributed by atoms with Gasteiger partial charge in [-0.3, -0.25) is 9.52 Å². The molecular formula is C42H59ClN4O7S. The quantitative estimate of drug-likeness (QED) is 0.227. The van der Waals surface area contributed by atoms with Gasteiger partial charge in [0.1, 0.15) is 15.7 Å². The summed E-state index contributed by atoms with van der Waals surface area (Å²) < 4.78 is 45.5. The Morgan fingerprint density at radius 2 is 1.93 bits per heavy atom. The molecule has 3 heterocycles. The van der Waals surface area contributed by atoms with Crippen molar-refractivity contribution in [1.82, 2.24) is 9.62 Å². The van der Waals surface area contributed by atoms with Crippen LogP contribution in [-0.2, 0) is 36.0 Å². The molecule has 2 aromatic rings. The van der Waals surface area contributed by atoms with Gasteiger partial charge in [0.15, 0.2) is 0 Å². The van der Waals surface area contributed by atoms with E-state index in [1.807, 2.05) is 25.1 Å². The maximum absolute atomic E-state index is 14.7. The summed E-state index contributed by atoms with van der Waals surface area (Å²) in [5.41, 5.74) is 3.33. The van der Waals surface area contributed by atoms with E-state index in [1.54, 1.807) is 25.2 Å². The predicted molar refractivity (Wildman–Crippen MR) is 218 cm³/mol. The third kappa shape index (κ3) is 9.87. The van der Waals surface area contributed by atoms with Gasteiger partial charge >= 0.3 is 6.03 Å². The van der Waals surface area contributed by atoms with Crippen molar-refractivity contribution in [1.29, 1.82) is 0 Å². The molecule has 55 heavy (non-hydrogen) atoms. The molecule has 2 bridgehead atoms. The number of piperidine rings is 1. The summed E-state index contributed by atoms with van der Waals surface area (Å²) in [6.07, 6.45) is 9.85. The molecule has 6 rings (SSSR count). The molecule has 0 saturated carbocycles. The molecule has 1 fully saturated rings. The monoisotopic (exact) mass is 798 g/mol. The molecule has 0 radical (unpaired) electrons. The first kappa shape index (κ1) is 41.5. The Morgan fingerprint density at radius 1 is 1.13 bits per heavy atom. The Morgan fingerprint density at radius 3 is 2.67 bits per heavy atom. The fourth-order valence-corrected chi connectivity index (χ4v) is 11.1. The van der Waals surface area contributed by atoms with E-state index in [1.165, 1.54) is 11.1 Å². The highest BCUT2D eigenvalue weighted by atomic mass is 35.5. The second kappa shape index (κ2) is 18.4. The molecule has 1 aliphatic carbocycles. The Labute approximate surface area is 332 Å². The lowest BCUT2D eigenvalue weighted by Gasteiger charge is -2.42. The van der Waals surface area contributed by atoms with Gasteiger partial charge in [0.25, 0.3) is 5.91 Å². The molecule has 2 aromatic carbocycles. The minimum absolute atomic E-state index is 0.0167. The highest BCUT2D eigenvalue weighted by Gasteiger charge is 2.42. The molecule has 13 heteroatoms. The second-order valence-electron chi connectivity index (χ2n) is 16.0. The molecule has 6 atom stereocenters. The van der Waals surface area contributed by atoms with Crippen LogP contribution in [0.15, 0.2) is 52.9 Å². The number of halogens is 1. The lowest BCUT2D eigenvalue weighted by molar-refractivity contribution is -0.00891. The number of hydrogen-bond donors (Lipinski definition) is 1. The smallest absolute Gasteiger partial charge is 0.329 e. The van der Waals surface area contributed by atoms with E-state index in [0.717, 1.165) is 36.4 Å². The van der Waals surface area contributed by atoms with Crippen molar-refractivity contribution in [3.63, 3.8) is 0 Å². The number of anilines is 1. The number of rotatable bonds is 7. The summed E-state index contributed by atoms with van der Waals surface area (Å²) in [5, 5.41) is 0.735. The number of amides is 3. The molecule has 0 aromatic heterocycles. The van der Waals surface area contributed by atoms with Crippen molar-refractivity contribution in [2.45, 2.75) is 83.3 Å². The molecule has 3 aliphatic heterocycles. The van der Waals surface area contributed by atoms with Crippen LogP contribution in [0, 0.1) is 17.8 Å². The SMILES string of the molecule is CC[C@H]1[C@@H](OC)/C=C/C[C@H](C)C[S@@](=O)(NC(=O)N2CCC(OCCOC)CC2)=NC(=O)c2ccc3c(c2)N(C[C@@H]1C)C[C@@]1(CCCc2cc(Cl)ccc21)CO3. The summed E-state index contributed by atoms with van der Waals surface area (Å²) in [4.78, 5) is 31.8. The molecule has 1 spiro atoms. The zero-order valence-corrected chi connectivity index (χ0v) is 34.7. The molecule has 302 valence electrons. The zero-order valence-electron chi connectivity index (χ0n) is 33.1. The van der Waals surface area contributed by atoms with Crippen LogP contribution in [0.25, 0.3) is 0 Å². The van der Waals surface area contributed by atoms with Crippen LogP contribution in [-0.4, -0.2) is 99.2 Å². The maximum Gasteiger partial charge on any atom is 0.329 e. The van der Waals surface area contributed by atoms with E-state index in [2.05, 4.69) is 52.1 Å². The Bertz CT molecular complexity index is 1820. The third-order valence-electron chi connectivity index (χ3n) is 11.9. The van der Waals surface area contributed by atoms with Crippen LogP contribution in [0.1, 0.15) is 80.8 Å². The van der Waals surface area contributed by atoms with Crippen molar-refractivity contribution < 1.29 is 32.7 Å². The Hall–Kier alpha value is -3.16. The largest absolute Gasteiger partial charge is 0.490 e. The Kier molecular flexibility index (Phi) is 13.9. The molecule has 1 N–H and O–H groups in total. The van der Waals surface area contributed by atoms with Gasteiger partial charge in [-0.2, -0.15) is 0 Å². The summed E-state index contributed by atoms with van der Waals surface area (Å²) in [6, 6.07) is 11.1. The second-order valence-corrected chi connectivity index (χ2v) is 18.4. The first-order valence-corrected chi connectivity index (χ1v) is 22.0. The van der Waals surface area contributed by atoms with Crippen molar-refractivity contribution >= 4 is 39.1 Å². The van der Waals surface area contributed by atoms with Gasteiger partial charge in [0, 0.05) is 56.4 Å². The fraction of sp³-hybridized carbons (Fsp3) is 0.619. The van der Waals surface area contributed by atoms with E-state index in [-0.39, 0.29) is 41.1 Å². The molecule has 3 amide bonds. The van der Waals surface area contributed by atoms with Crippen LogP contribution in [0.4, 0.5) is 10.5 Å². The van der Waals surface area contributed by atoms with Gasteiger partial charge in [-0.05, 0) is 97.7 Å². The van der Waals surface area contributed by atoms with Gasteiger partial charge in [-0.25, -0.2) is 9.00 Å². The number of nitrogens with one attached hydrogen (secondary N) is 1. The van der Waals surface area contributed by atoms with Crippen molar-refractivity contribution in [3.05, 3.63) is 70.3 Å². The van der Waals surface area contributed by atoms with Crippen LogP contribution < -0.4 is 14.4 Å². The standard InChI is InChI=1S/C42H59ClN4O7S/c1-6-35-30(3)25-47-27-42(18-8-10-31-23-33(43)13-14-36(31)42)28-54-39-15-12-32(24-37(39)47)40(48)44-55(50,26-29(2)9-7-11-38(35)52-5)45-41(49)46-19-16-34(17-20-46)53-22-21-51-4/h7,11-15,23-24,29-30,34-35,38H,6,8-10,16-22,25-28H2,1-5H3,(H,44,45,48,49,50)/b11-7+/t29-,30-,35+,38-,42-,55-/m0/s1. The average Bonchev–Trinajstić information content (AvgIpc) is 3.30. The van der Waals surface area contributed by atoms with E-state index in [4.69, 9.17) is 30.5 Å². The van der Waals surface area contributed by atoms with Gasteiger partial charge in [0.05, 0.1) is 43.5 Å². The third-order valence-corrected chi connectivity index (χ3v) is 14.1. The van der Waals surface area contributed by atoms with Gasteiger partial charge < -0.3 is 28.7 Å². The van der Waals surface area contributed by atoms with E-state index in [0.29, 0.717) is 76.6 Å². The van der Waals surface area contributed by atoms with Crippen LogP contribution in [0.3, 0.4) is 0 Å². The van der Waals surface area contributed by atoms with Crippen LogP contribution in [0.2, 0.25) is 5.02 Å². The number of allylic oxidation sites excluding steroid dienone is 1. The first-order chi connectivity index (χ1) is 26.5. The highest BCUT2D eigenvalue weighted by molar-refractivity contribution is 7.92. The number of aryl methyl sites for hydroxylation is 1. The number of benzene rings is 2. The number of fused-ring (bicyclic) bond motifs is 3. The highest BCUT2D eigenvalue weighted by Crippen LogP contribution is 2.45. The molecular weight excluding hydrogens is 740 g/mol. The summed E-state index contributed by atoms with van der Waals surface area (Å²) in [6.45, 7) is 10.2. The van der Waals surface area contributed by atoms with Gasteiger partial charge in [-0.1, -0.05) is 57.0 Å². The average molecular weight is 799 g/mol. The normalized spacial score (nSPS) is 29.8. The Balaban J connectivity index is 1.35. The van der Waals surface area contributed by atoms with Crippen molar-refractivity contribution in [3.8, 4) is 5.75 Å².